The van der Waals surface area contributed by atoms with E-state index in [9.17, 15) is 29.6 Å². The Labute approximate surface area is 156 Å². The third-order valence-corrected chi connectivity index (χ3v) is 4.65. The highest BCUT2D eigenvalue weighted by Crippen LogP contribution is 2.38. The second kappa shape index (κ2) is 9.11. The maximum Gasteiger partial charge on any atom is 0.324 e. The molecule has 1 aromatic rings. The fourth-order valence-corrected chi connectivity index (χ4v) is 3.17. The summed E-state index contributed by atoms with van der Waals surface area (Å²) < 4.78 is 9.19. The summed E-state index contributed by atoms with van der Waals surface area (Å²) in [6, 6.07) is 3.68. The molecule has 9 heteroatoms. The van der Waals surface area contributed by atoms with Crippen molar-refractivity contribution in [3.8, 4) is 0 Å². The second-order valence-electron chi connectivity index (χ2n) is 6.00. The van der Waals surface area contributed by atoms with Crippen LogP contribution in [0.4, 0.5) is 5.69 Å². The molecular weight excluding hydrogens is 358 g/mol. The highest BCUT2D eigenvalue weighted by Gasteiger charge is 2.41. The molecule has 0 radical (unpaired) electrons. The monoisotopic (exact) mass is 381 g/mol. The third kappa shape index (κ3) is 4.24. The van der Waals surface area contributed by atoms with Crippen molar-refractivity contribution >= 4 is 23.6 Å². The number of nitrogens with zero attached hydrogens (tertiary/aromatic N) is 1. The number of hydrogen-bond acceptors (Lipinski definition) is 7. The Hall–Kier alpha value is -2.97. The van der Waals surface area contributed by atoms with Gasteiger partial charge in [-0.25, -0.2) is 0 Å². The van der Waals surface area contributed by atoms with Gasteiger partial charge in [0.15, 0.2) is 5.92 Å². The average molecular weight is 381 g/mol. The standard InChI is InChI=1S/C18H23NO8/c1-5-9-18(6-2,17(22)23)11-7-8-13(19(24)25)12(10-11)14(15(20)26-3)16(21)27-4/h7-8,10,14H,5-6,9H2,1-4H3,(H,22,23). The number of rotatable bonds is 9. The van der Waals surface area contributed by atoms with Gasteiger partial charge in [0, 0.05) is 6.07 Å². The van der Waals surface area contributed by atoms with Crippen molar-refractivity contribution in [1.82, 2.24) is 0 Å². The summed E-state index contributed by atoms with van der Waals surface area (Å²) in [6.07, 6.45) is 1.08. The van der Waals surface area contributed by atoms with Crippen LogP contribution in [0.2, 0.25) is 0 Å². The van der Waals surface area contributed by atoms with Gasteiger partial charge >= 0.3 is 17.9 Å². The van der Waals surface area contributed by atoms with Crippen LogP contribution in [0.1, 0.15) is 50.2 Å². The van der Waals surface area contributed by atoms with E-state index in [-0.39, 0.29) is 24.0 Å². The molecule has 0 spiro atoms. The average Bonchev–Trinajstić information content (AvgIpc) is 2.65. The normalized spacial score (nSPS) is 12.9. The number of esters is 2. The van der Waals surface area contributed by atoms with Gasteiger partial charge in [-0.2, -0.15) is 0 Å². The van der Waals surface area contributed by atoms with E-state index in [2.05, 4.69) is 9.47 Å². The quantitative estimate of drug-likeness (QED) is 0.299. The predicted molar refractivity (Wildman–Crippen MR) is 94.4 cm³/mol. The van der Waals surface area contributed by atoms with Gasteiger partial charge in [0.25, 0.3) is 5.69 Å². The number of hydrogen-bond donors (Lipinski definition) is 1. The topological polar surface area (TPSA) is 133 Å². The number of methoxy groups -OCH3 is 2. The van der Waals surface area contributed by atoms with Crippen LogP contribution in [-0.4, -0.2) is 42.2 Å². The molecule has 1 N–H and O–H groups in total. The van der Waals surface area contributed by atoms with Crippen LogP contribution >= 0.6 is 0 Å². The Morgan fingerprint density at radius 3 is 2.11 bits per heavy atom. The minimum absolute atomic E-state index is 0.231. The maximum absolute atomic E-state index is 12.1. The molecule has 1 unspecified atom stereocenters. The first-order chi connectivity index (χ1) is 12.7. The second-order valence-corrected chi connectivity index (χ2v) is 6.00. The largest absolute Gasteiger partial charge is 0.481 e. The molecule has 0 aliphatic heterocycles. The maximum atomic E-state index is 12.1. The van der Waals surface area contributed by atoms with Crippen molar-refractivity contribution in [3.63, 3.8) is 0 Å². The predicted octanol–water partition coefficient (Wildman–Crippen LogP) is 2.56. The molecule has 9 nitrogen and oxygen atoms in total. The zero-order chi connectivity index (χ0) is 20.8. The number of carboxylic acid groups (broad SMARTS) is 1. The Balaban J connectivity index is 3.78. The Kier molecular flexibility index (Phi) is 7.45. The summed E-state index contributed by atoms with van der Waals surface area (Å²) in [5, 5.41) is 21.2. The SMILES string of the molecule is CCCC(CC)(C(=O)O)c1ccc([N+](=O)[O-])c(C(C(=O)OC)C(=O)OC)c1. The van der Waals surface area contributed by atoms with E-state index >= 15 is 0 Å². The van der Waals surface area contributed by atoms with Gasteiger partial charge in [-0.15, -0.1) is 0 Å². The number of carboxylic acids is 1. The fourth-order valence-electron chi connectivity index (χ4n) is 3.17. The van der Waals surface area contributed by atoms with E-state index < -0.39 is 39.9 Å². The summed E-state index contributed by atoms with van der Waals surface area (Å²) in [7, 11) is 2.08. The van der Waals surface area contributed by atoms with E-state index in [1.54, 1.807) is 6.92 Å². The lowest BCUT2D eigenvalue weighted by atomic mass is 9.73. The van der Waals surface area contributed by atoms with Crippen molar-refractivity contribution in [2.24, 2.45) is 0 Å². The Morgan fingerprint density at radius 2 is 1.74 bits per heavy atom. The zero-order valence-electron chi connectivity index (χ0n) is 15.7. The third-order valence-electron chi connectivity index (χ3n) is 4.65. The molecule has 0 bridgehead atoms. The Morgan fingerprint density at radius 1 is 1.19 bits per heavy atom. The lowest BCUT2D eigenvalue weighted by molar-refractivity contribution is -0.385. The number of benzene rings is 1. The molecule has 1 atom stereocenters. The molecule has 1 rings (SSSR count). The molecule has 1 aromatic carbocycles. The molecule has 0 saturated carbocycles. The van der Waals surface area contributed by atoms with Crippen LogP contribution < -0.4 is 0 Å². The number of nitro benzene ring substituents is 1. The highest BCUT2D eigenvalue weighted by molar-refractivity contribution is 6.01. The highest BCUT2D eigenvalue weighted by atomic mass is 16.6. The fraction of sp³-hybridized carbons (Fsp3) is 0.500. The summed E-state index contributed by atoms with van der Waals surface area (Å²) in [4.78, 5) is 46.9. The van der Waals surface area contributed by atoms with Crippen LogP contribution in [-0.2, 0) is 29.3 Å². The number of ether oxygens (including phenoxy) is 2. The van der Waals surface area contributed by atoms with E-state index in [1.165, 1.54) is 12.1 Å². The van der Waals surface area contributed by atoms with Crippen LogP contribution in [0.15, 0.2) is 18.2 Å². The lowest BCUT2D eigenvalue weighted by Crippen LogP contribution is -2.35. The van der Waals surface area contributed by atoms with E-state index in [0.29, 0.717) is 6.42 Å². The summed E-state index contributed by atoms with van der Waals surface area (Å²) in [5.41, 5.74) is -1.77. The van der Waals surface area contributed by atoms with Crippen molar-refractivity contribution in [1.29, 1.82) is 0 Å². The van der Waals surface area contributed by atoms with Gasteiger partial charge in [-0.3, -0.25) is 24.5 Å². The van der Waals surface area contributed by atoms with Crippen molar-refractivity contribution in [2.45, 2.75) is 44.4 Å². The van der Waals surface area contributed by atoms with Gasteiger partial charge < -0.3 is 14.6 Å². The number of carbonyl (C=O) groups is 3. The summed E-state index contributed by atoms with van der Waals surface area (Å²) >= 11 is 0. The van der Waals surface area contributed by atoms with Gasteiger partial charge in [0.2, 0.25) is 0 Å². The van der Waals surface area contributed by atoms with Gasteiger partial charge in [-0.05, 0) is 24.5 Å². The molecule has 0 saturated heterocycles. The lowest BCUT2D eigenvalue weighted by Gasteiger charge is -2.29. The molecule has 27 heavy (non-hydrogen) atoms. The molecule has 0 aliphatic rings. The van der Waals surface area contributed by atoms with E-state index in [4.69, 9.17) is 0 Å². The first kappa shape index (κ1) is 22.1. The first-order valence-electron chi connectivity index (χ1n) is 8.37. The number of aliphatic carboxylic acids is 1. The van der Waals surface area contributed by atoms with Crippen molar-refractivity contribution < 1.29 is 33.9 Å². The molecule has 0 heterocycles. The molecule has 0 aromatic heterocycles. The zero-order valence-corrected chi connectivity index (χ0v) is 15.7. The van der Waals surface area contributed by atoms with Gasteiger partial charge in [0.1, 0.15) is 0 Å². The minimum Gasteiger partial charge on any atom is -0.481 e. The number of carbonyl (C=O) groups excluding carboxylic acids is 2. The Bertz CT molecular complexity index is 729. The minimum atomic E-state index is -1.69. The summed E-state index contributed by atoms with van der Waals surface area (Å²) in [5.74, 6) is -4.84. The van der Waals surface area contributed by atoms with Crippen molar-refractivity contribution in [3.05, 3.63) is 39.4 Å². The molecule has 0 amide bonds. The molecule has 0 fully saturated rings. The van der Waals surface area contributed by atoms with E-state index in [0.717, 1.165) is 20.3 Å². The van der Waals surface area contributed by atoms with Crippen LogP contribution in [0.5, 0.6) is 0 Å². The van der Waals surface area contributed by atoms with Crippen LogP contribution in [0, 0.1) is 10.1 Å². The van der Waals surface area contributed by atoms with E-state index in [1.807, 2.05) is 6.92 Å². The van der Waals surface area contributed by atoms with Crippen LogP contribution in [0.25, 0.3) is 0 Å². The first-order valence-corrected chi connectivity index (χ1v) is 8.37. The van der Waals surface area contributed by atoms with Crippen molar-refractivity contribution in [2.75, 3.05) is 14.2 Å². The smallest absolute Gasteiger partial charge is 0.324 e. The molecule has 0 aliphatic carbocycles. The van der Waals surface area contributed by atoms with Crippen LogP contribution in [0.3, 0.4) is 0 Å². The number of nitro groups is 1. The summed E-state index contributed by atoms with van der Waals surface area (Å²) in [6.45, 7) is 3.52. The molecular formula is C18H23NO8. The van der Waals surface area contributed by atoms with Gasteiger partial charge in [-0.1, -0.05) is 26.3 Å². The van der Waals surface area contributed by atoms with Gasteiger partial charge in [0.05, 0.1) is 30.1 Å². The molecule has 148 valence electrons.